The van der Waals surface area contributed by atoms with Crippen molar-refractivity contribution in [1.29, 1.82) is 0 Å². The molecule has 0 saturated carbocycles. The van der Waals surface area contributed by atoms with E-state index in [1.165, 1.54) is 6.26 Å². The normalized spacial score (nSPS) is 10.5. The van der Waals surface area contributed by atoms with Crippen molar-refractivity contribution >= 4 is 35.0 Å². The van der Waals surface area contributed by atoms with Crippen molar-refractivity contribution in [3.63, 3.8) is 0 Å². The van der Waals surface area contributed by atoms with Crippen LogP contribution in [0.3, 0.4) is 0 Å². The van der Waals surface area contributed by atoms with Gasteiger partial charge in [-0.15, -0.1) is 11.8 Å². The monoisotopic (exact) mass is 343 g/mol. The predicted molar refractivity (Wildman–Crippen MR) is 94.1 cm³/mol. The number of amides is 1. The fourth-order valence-corrected chi connectivity index (χ4v) is 3.15. The molecule has 3 rings (SSSR count). The minimum Gasteiger partial charge on any atom is -0.459 e. The quantitative estimate of drug-likeness (QED) is 0.624. The third-order valence-corrected chi connectivity index (χ3v) is 4.60. The molecule has 5 heteroatoms. The summed E-state index contributed by atoms with van der Waals surface area (Å²) in [4.78, 5) is 13.5. The highest BCUT2D eigenvalue weighted by Gasteiger charge is 2.16. The minimum absolute atomic E-state index is 0.299. The van der Waals surface area contributed by atoms with E-state index in [-0.39, 0.29) is 5.91 Å². The number of nitrogens with one attached hydrogen (secondary N) is 1. The fraction of sp³-hybridized carbons (Fsp3) is 0.0556. The Morgan fingerprint density at radius 1 is 1.04 bits per heavy atom. The molecule has 0 atom stereocenters. The van der Waals surface area contributed by atoms with Crippen molar-refractivity contribution in [3.8, 4) is 0 Å². The number of hydrogen-bond donors (Lipinski definition) is 1. The van der Waals surface area contributed by atoms with E-state index in [0.717, 1.165) is 10.5 Å². The van der Waals surface area contributed by atoms with Gasteiger partial charge >= 0.3 is 0 Å². The Labute approximate surface area is 143 Å². The molecule has 0 aliphatic heterocycles. The van der Waals surface area contributed by atoms with Crippen molar-refractivity contribution in [1.82, 2.24) is 0 Å². The van der Waals surface area contributed by atoms with E-state index in [2.05, 4.69) is 5.32 Å². The van der Waals surface area contributed by atoms with Gasteiger partial charge in [-0.05, 0) is 30.3 Å². The molecule has 3 nitrogen and oxygen atoms in total. The number of para-hydroxylation sites is 1. The summed E-state index contributed by atoms with van der Waals surface area (Å²) in [6.45, 7) is 0. The van der Waals surface area contributed by atoms with Crippen LogP contribution in [-0.2, 0) is 5.75 Å². The first-order valence-corrected chi connectivity index (χ1v) is 8.40. The molecule has 2 aromatic carbocycles. The third-order valence-electron chi connectivity index (χ3n) is 3.21. The molecule has 0 spiro atoms. The summed E-state index contributed by atoms with van der Waals surface area (Å²) in [6.07, 6.45) is 1.53. The molecule has 0 aliphatic rings. The first kappa shape index (κ1) is 15.7. The molecule has 0 fully saturated rings. The first-order valence-electron chi connectivity index (χ1n) is 7.04. The highest BCUT2D eigenvalue weighted by atomic mass is 35.5. The van der Waals surface area contributed by atoms with Gasteiger partial charge in [0.1, 0.15) is 0 Å². The van der Waals surface area contributed by atoms with Crippen molar-refractivity contribution < 1.29 is 9.21 Å². The maximum absolute atomic E-state index is 12.4. The Bertz CT molecular complexity index is 802. The van der Waals surface area contributed by atoms with Crippen LogP contribution < -0.4 is 5.32 Å². The van der Waals surface area contributed by atoms with Crippen LogP contribution >= 0.6 is 23.4 Å². The summed E-state index contributed by atoms with van der Waals surface area (Å²) in [5.74, 6) is 0.673. The topological polar surface area (TPSA) is 42.2 Å². The van der Waals surface area contributed by atoms with Gasteiger partial charge in [-0.25, -0.2) is 0 Å². The summed E-state index contributed by atoms with van der Waals surface area (Å²) < 4.78 is 5.36. The molecule has 0 aliphatic carbocycles. The Morgan fingerprint density at radius 3 is 2.57 bits per heavy atom. The number of benzene rings is 2. The molecule has 1 aromatic heterocycles. The molecular weight excluding hydrogens is 330 g/mol. The Hall–Kier alpha value is -2.17. The van der Waals surface area contributed by atoms with Gasteiger partial charge in [0.05, 0.1) is 17.0 Å². The lowest BCUT2D eigenvalue weighted by Crippen LogP contribution is -2.13. The number of carbonyl (C=O) groups is 1. The van der Waals surface area contributed by atoms with E-state index in [1.807, 2.05) is 48.5 Å². The van der Waals surface area contributed by atoms with Crippen LogP contribution in [0.15, 0.2) is 76.2 Å². The van der Waals surface area contributed by atoms with Gasteiger partial charge in [0.25, 0.3) is 5.91 Å². The van der Waals surface area contributed by atoms with Crippen LogP contribution in [0.4, 0.5) is 5.69 Å². The number of rotatable bonds is 5. The van der Waals surface area contributed by atoms with Gasteiger partial charge in [0, 0.05) is 16.2 Å². The van der Waals surface area contributed by atoms with Crippen LogP contribution in [0, 0.1) is 0 Å². The standard InChI is InChI=1S/C18H14ClNO2S/c19-15-8-4-5-9-16(15)20-18(21)17-13(10-11-22-17)12-23-14-6-2-1-3-7-14/h1-11H,12H2,(H,20,21). The van der Waals surface area contributed by atoms with E-state index in [1.54, 1.807) is 23.9 Å². The largest absolute Gasteiger partial charge is 0.459 e. The molecule has 3 aromatic rings. The van der Waals surface area contributed by atoms with Crippen LogP contribution in [-0.4, -0.2) is 5.91 Å². The second-order valence-corrected chi connectivity index (χ2v) is 6.27. The molecule has 0 radical (unpaired) electrons. The Balaban J connectivity index is 1.70. The lowest BCUT2D eigenvalue weighted by atomic mass is 10.2. The van der Waals surface area contributed by atoms with Gasteiger partial charge in [0.15, 0.2) is 5.76 Å². The van der Waals surface area contributed by atoms with Crippen molar-refractivity contribution in [2.24, 2.45) is 0 Å². The highest BCUT2D eigenvalue weighted by molar-refractivity contribution is 7.98. The van der Waals surface area contributed by atoms with Crippen LogP contribution in [0.1, 0.15) is 16.1 Å². The molecule has 1 heterocycles. The van der Waals surface area contributed by atoms with Crippen LogP contribution in [0.2, 0.25) is 5.02 Å². The number of carbonyl (C=O) groups excluding carboxylic acids is 1. The second kappa shape index (κ2) is 7.40. The SMILES string of the molecule is O=C(Nc1ccccc1Cl)c1occc1CSc1ccccc1. The lowest BCUT2D eigenvalue weighted by molar-refractivity contribution is 0.0996. The molecule has 1 N–H and O–H groups in total. The smallest absolute Gasteiger partial charge is 0.291 e. The van der Waals surface area contributed by atoms with Crippen molar-refractivity contribution in [2.45, 2.75) is 10.6 Å². The summed E-state index contributed by atoms with van der Waals surface area (Å²) in [6, 6.07) is 18.9. The maximum Gasteiger partial charge on any atom is 0.291 e. The molecule has 23 heavy (non-hydrogen) atoms. The van der Waals surface area contributed by atoms with Crippen molar-refractivity contribution in [2.75, 3.05) is 5.32 Å². The van der Waals surface area contributed by atoms with Crippen molar-refractivity contribution in [3.05, 3.63) is 83.3 Å². The lowest BCUT2D eigenvalue weighted by Gasteiger charge is -2.07. The highest BCUT2D eigenvalue weighted by Crippen LogP contribution is 2.26. The predicted octanol–water partition coefficient (Wildman–Crippen LogP) is 5.48. The van der Waals surface area contributed by atoms with Gasteiger partial charge in [-0.1, -0.05) is 41.9 Å². The number of halogens is 1. The van der Waals surface area contributed by atoms with E-state index in [0.29, 0.717) is 22.2 Å². The van der Waals surface area contributed by atoms with Crippen LogP contribution in [0.25, 0.3) is 0 Å². The van der Waals surface area contributed by atoms with E-state index in [9.17, 15) is 4.79 Å². The minimum atomic E-state index is -0.299. The molecule has 0 unspecified atom stereocenters. The average molecular weight is 344 g/mol. The zero-order valence-corrected chi connectivity index (χ0v) is 13.7. The molecule has 1 amide bonds. The Morgan fingerprint density at radius 2 is 1.78 bits per heavy atom. The summed E-state index contributed by atoms with van der Waals surface area (Å²) in [5, 5.41) is 3.27. The van der Waals surface area contributed by atoms with Gasteiger partial charge in [-0.2, -0.15) is 0 Å². The molecule has 0 saturated heterocycles. The molecule has 0 bridgehead atoms. The summed E-state index contributed by atoms with van der Waals surface area (Å²) in [5.41, 5.74) is 1.42. The number of thioether (sulfide) groups is 1. The second-order valence-electron chi connectivity index (χ2n) is 4.81. The number of anilines is 1. The molecule has 116 valence electrons. The van der Waals surface area contributed by atoms with Gasteiger partial charge in [-0.3, -0.25) is 4.79 Å². The fourth-order valence-electron chi connectivity index (χ4n) is 2.07. The van der Waals surface area contributed by atoms with Crippen LogP contribution in [0.5, 0.6) is 0 Å². The summed E-state index contributed by atoms with van der Waals surface area (Å²) in [7, 11) is 0. The first-order chi connectivity index (χ1) is 11.2. The summed E-state index contributed by atoms with van der Waals surface area (Å²) >= 11 is 7.71. The van der Waals surface area contributed by atoms with Gasteiger partial charge in [0.2, 0.25) is 0 Å². The third kappa shape index (κ3) is 3.97. The van der Waals surface area contributed by atoms with E-state index >= 15 is 0 Å². The maximum atomic E-state index is 12.4. The zero-order valence-electron chi connectivity index (χ0n) is 12.2. The number of furan rings is 1. The zero-order chi connectivity index (χ0) is 16.1. The Kier molecular flexibility index (Phi) is 5.05. The molecular formula is C18H14ClNO2S. The van der Waals surface area contributed by atoms with E-state index in [4.69, 9.17) is 16.0 Å². The van der Waals surface area contributed by atoms with Gasteiger partial charge < -0.3 is 9.73 Å². The van der Waals surface area contributed by atoms with E-state index < -0.39 is 0 Å². The average Bonchev–Trinajstić information content (AvgIpc) is 3.05. The number of hydrogen-bond acceptors (Lipinski definition) is 3.